The van der Waals surface area contributed by atoms with Gasteiger partial charge in [-0.3, -0.25) is 0 Å². The van der Waals surface area contributed by atoms with Crippen molar-refractivity contribution in [3.8, 4) is 11.1 Å². The zero-order chi connectivity index (χ0) is 35.9. The molecule has 2 spiro atoms. The van der Waals surface area contributed by atoms with Gasteiger partial charge in [-0.2, -0.15) is 0 Å². The maximum atomic E-state index is 2.71. The predicted molar refractivity (Wildman–Crippen MR) is 220 cm³/mol. The molecule has 0 amide bonds. The SMILES string of the molecule is CC1(C)CCC(C)(C)c2c(N(c3ccc4c(c3)C(C)(C)c3ccccc3-4)c3ccc4c(c3)C3(c5ccccc5S4)C4CC5CC6CC3C64C5)cccc21. The second kappa shape index (κ2) is 9.91. The monoisotopic (exact) mass is 709 g/mol. The van der Waals surface area contributed by atoms with Gasteiger partial charge in [-0.05, 0) is 165 Å². The second-order valence-corrected chi connectivity index (χ2v) is 21.1. The van der Waals surface area contributed by atoms with E-state index in [0.717, 1.165) is 23.7 Å². The third-order valence-electron chi connectivity index (χ3n) is 16.6. The van der Waals surface area contributed by atoms with Gasteiger partial charge in [0.2, 0.25) is 0 Å². The van der Waals surface area contributed by atoms with Crippen LogP contribution in [-0.4, -0.2) is 0 Å². The van der Waals surface area contributed by atoms with Gasteiger partial charge in [0.05, 0.1) is 5.69 Å². The molecule has 1 aliphatic heterocycles. The molecule has 12 rings (SSSR count). The van der Waals surface area contributed by atoms with Gasteiger partial charge >= 0.3 is 0 Å². The van der Waals surface area contributed by atoms with E-state index >= 15 is 0 Å². The Bertz CT molecular complexity index is 2430. The minimum Gasteiger partial charge on any atom is -0.310 e. The Labute approximate surface area is 320 Å². The number of rotatable bonds is 3. The molecule has 4 fully saturated rings. The highest BCUT2D eigenvalue weighted by atomic mass is 32.2. The van der Waals surface area contributed by atoms with Gasteiger partial charge in [-0.1, -0.05) is 114 Å². The number of fused-ring (bicyclic) bond motifs is 11. The van der Waals surface area contributed by atoms with E-state index in [4.69, 9.17) is 0 Å². The number of benzene rings is 5. The lowest BCUT2D eigenvalue weighted by molar-refractivity contribution is -0.235. The number of nitrogens with zero attached hydrogens (tertiary/aromatic N) is 1. The Balaban J connectivity index is 1.10. The van der Waals surface area contributed by atoms with Crippen LogP contribution in [0.4, 0.5) is 17.1 Å². The van der Waals surface area contributed by atoms with Crippen LogP contribution >= 0.6 is 11.8 Å². The van der Waals surface area contributed by atoms with Crippen LogP contribution in [0.15, 0.2) is 113 Å². The van der Waals surface area contributed by atoms with Crippen molar-refractivity contribution in [1.29, 1.82) is 0 Å². The third-order valence-corrected chi connectivity index (χ3v) is 17.8. The van der Waals surface area contributed by atoms with E-state index in [0.29, 0.717) is 5.41 Å². The molecule has 6 aliphatic carbocycles. The Morgan fingerprint density at radius 2 is 1.23 bits per heavy atom. The molecule has 5 aromatic carbocycles. The predicted octanol–water partition coefficient (Wildman–Crippen LogP) is 13.6. The fourth-order valence-corrected chi connectivity index (χ4v) is 15.6. The molecule has 266 valence electrons. The maximum Gasteiger partial charge on any atom is 0.0502 e. The third kappa shape index (κ3) is 3.65. The van der Waals surface area contributed by atoms with E-state index < -0.39 is 0 Å². The Kier molecular flexibility index (Phi) is 5.91. The first-order valence-corrected chi connectivity index (χ1v) is 21.4. The molecule has 2 bridgehead atoms. The highest BCUT2D eigenvalue weighted by molar-refractivity contribution is 7.99. The Hall–Kier alpha value is -3.75. The van der Waals surface area contributed by atoms with Gasteiger partial charge in [0.15, 0.2) is 0 Å². The standard InChI is InChI=1S/C51H51NS/c1-47(2)22-23-48(3,4)46-38(47)15-11-16-41(46)52(32-18-20-35-34-12-7-8-13-36(34)49(5,6)39(35)27-32)33-19-21-43-40(28-33)51(37-14-9-10-17-42(37)53-43)44-25-30-24-31-26-45(51)50(31,44)29-30/h7-21,27-28,30-31,44-45H,22-26,29H2,1-6H3. The van der Waals surface area contributed by atoms with Crippen LogP contribution in [0.1, 0.15) is 113 Å². The summed E-state index contributed by atoms with van der Waals surface area (Å²) < 4.78 is 0. The summed E-state index contributed by atoms with van der Waals surface area (Å²) in [5, 5.41) is 0. The lowest BCUT2D eigenvalue weighted by atomic mass is 9.26. The fourth-order valence-electron chi connectivity index (χ4n) is 14.4. The molecule has 6 atom stereocenters. The number of hydrogen-bond donors (Lipinski definition) is 0. The number of hydrogen-bond acceptors (Lipinski definition) is 2. The minimum absolute atomic E-state index is 0.0615. The van der Waals surface area contributed by atoms with Crippen LogP contribution in [0.3, 0.4) is 0 Å². The van der Waals surface area contributed by atoms with E-state index in [1.165, 1.54) is 98.8 Å². The Morgan fingerprint density at radius 3 is 2.06 bits per heavy atom. The topological polar surface area (TPSA) is 3.24 Å². The molecule has 0 N–H and O–H groups in total. The lowest BCUT2D eigenvalue weighted by Gasteiger charge is -2.78. The molecule has 0 radical (unpaired) electrons. The van der Waals surface area contributed by atoms with Gasteiger partial charge in [-0.25, -0.2) is 0 Å². The summed E-state index contributed by atoms with van der Waals surface area (Å²) in [4.78, 5) is 5.70. The first kappa shape index (κ1) is 31.6. The van der Waals surface area contributed by atoms with Crippen LogP contribution in [0.25, 0.3) is 11.1 Å². The van der Waals surface area contributed by atoms with Crippen LogP contribution < -0.4 is 4.90 Å². The van der Waals surface area contributed by atoms with Crippen molar-refractivity contribution in [1.82, 2.24) is 0 Å². The van der Waals surface area contributed by atoms with Crippen molar-refractivity contribution in [3.63, 3.8) is 0 Å². The zero-order valence-corrected chi connectivity index (χ0v) is 33.0. The van der Waals surface area contributed by atoms with Crippen molar-refractivity contribution in [2.45, 2.75) is 112 Å². The summed E-state index contributed by atoms with van der Waals surface area (Å²) in [5.74, 6) is 3.49. The van der Waals surface area contributed by atoms with Crippen molar-refractivity contribution < 1.29 is 0 Å². The van der Waals surface area contributed by atoms with Crippen molar-refractivity contribution in [2.75, 3.05) is 4.90 Å². The summed E-state index contributed by atoms with van der Waals surface area (Å²) >= 11 is 2.03. The van der Waals surface area contributed by atoms with E-state index in [9.17, 15) is 0 Å². The zero-order valence-electron chi connectivity index (χ0n) is 32.2. The van der Waals surface area contributed by atoms with Crippen LogP contribution in [0, 0.1) is 29.1 Å². The molecule has 53 heavy (non-hydrogen) atoms. The smallest absolute Gasteiger partial charge is 0.0502 e. The summed E-state index contributed by atoms with van der Waals surface area (Å²) in [7, 11) is 0. The molecule has 5 aromatic rings. The highest BCUT2D eigenvalue weighted by Gasteiger charge is 2.84. The van der Waals surface area contributed by atoms with E-state index in [2.05, 4.69) is 150 Å². The van der Waals surface area contributed by atoms with Crippen LogP contribution in [-0.2, 0) is 21.7 Å². The van der Waals surface area contributed by atoms with E-state index in [1.807, 2.05) is 11.8 Å². The first-order chi connectivity index (χ1) is 25.5. The van der Waals surface area contributed by atoms with Gasteiger partial charge < -0.3 is 4.90 Å². The average molecular weight is 710 g/mol. The molecule has 1 heterocycles. The van der Waals surface area contributed by atoms with Crippen LogP contribution in [0.5, 0.6) is 0 Å². The Morgan fingerprint density at radius 1 is 0.566 bits per heavy atom. The van der Waals surface area contributed by atoms with Gasteiger partial charge in [0, 0.05) is 32.0 Å². The fraction of sp³-hybridized carbons (Fsp3) is 0.412. The van der Waals surface area contributed by atoms with Crippen molar-refractivity contribution in [2.24, 2.45) is 29.1 Å². The molecule has 0 aromatic heterocycles. The minimum atomic E-state index is -0.0615. The molecular weight excluding hydrogens is 659 g/mol. The first-order valence-electron chi connectivity index (χ1n) is 20.6. The van der Waals surface area contributed by atoms with Crippen LogP contribution in [0.2, 0.25) is 0 Å². The van der Waals surface area contributed by atoms with Crippen molar-refractivity contribution >= 4 is 28.8 Å². The molecular formula is C51H51NS. The van der Waals surface area contributed by atoms with Gasteiger partial charge in [0.25, 0.3) is 0 Å². The van der Waals surface area contributed by atoms with Gasteiger partial charge in [0.1, 0.15) is 0 Å². The van der Waals surface area contributed by atoms with E-state index in [1.54, 1.807) is 11.1 Å². The quantitative estimate of drug-likeness (QED) is 0.183. The summed E-state index contributed by atoms with van der Waals surface area (Å²) in [6.45, 7) is 14.8. The molecule has 7 aliphatic rings. The summed E-state index contributed by atoms with van der Waals surface area (Å²) in [6, 6.07) is 41.0. The molecule has 6 unspecified atom stereocenters. The summed E-state index contributed by atoms with van der Waals surface area (Å²) in [5.41, 5.74) is 16.8. The maximum absolute atomic E-state index is 2.71. The normalized spacial score (nSPS) is 31.7. The highest BCUT2D eigenvalue weighted by Crippen LogP contribution is 2.89. The molecule has 4 saturated carbocycles. The lowest BCUT2D eigenvalue weighted by Crippen LogP contribution is -2.74. The van der Waals surface area contributed by atoms with E-state index in [-0.39, 0.29) is 21.7 Å². The molecule has 0 saturated heterocycles. The second-order valence-electron chi connectivity index (χ2n) is 20.0. The number of anilines is 3. The van der Waals surface area contributed by atoms with Gasteiger partial charge in [-0.15, -0.1) is 0 Å². The van der Waals surface area contributed by atoms with Crippen molar-refractivity contribution in [3.05, 3.63) is 137 Å². The molecule has 1 nitrogen and oxygen atoms in total. The molecule has 2 heteroatoms. The largest absolute Gasteiger partial charge is 0.310 e. The summed E-state index contributed by atoms with van der Waals surface area (Å²) in [6.07, 6.45) is 8.26. The average Bonchev–Trinajstić information content (AvgIpc) is 3.76.